The lowest BCUT2D eigenvalue weighted by atomic mass is 10.2. The van der Waals surface area contributed by atoms with E-state index < -0.39 is 15.8 Å². The van der Waals surface area contributed by atoms with Gasteiger partial charge in [0.1, 0.15) is 11.6 Å². The van der Waals surface area contributed by atoms with E-state index in [1.807, 2.05) is 6.92 Å². The number of hydrogen-bond donors (Lipinski definition) is 0. The zero-order valence-electron chi connectivity index (χ0n) is 15.7. The van der Waals surface area contributed by atoms with Crippen LogP contribution >= 0.6 is 0 Å². The van der Waals surface area contributed by atoms with E-state index in [1.165, 1.54) is 16.4 Å². The molecule has 0 aromatic heterocycles. The van der Waals surface area contributed by atoms with Gasteiger partial charge < -0.3 is 9.64 Å². The van der Waals surface area contributed by atoms with Crippen molar-refractivity contribution < 1.29 is 22.3 Å². The molecule has 1 fully saturated rings. The van der Waals surface area contributed by atoms with Crippen molar-refractivity contribution in [2.75, 3.05) is 32.8 Å². The maximum absolute atomic E-state index is 13.1. The van der Waals surface area contributed by atoms with Gasteiger partial charge in [-0.05, 0) is 61.9 Å². The molecule has 1 amide bonds. The summed E-state index contributed by atoms with van der Waals surface area (Å²) in [7, 11) is -3.72. The lowest BCUT2D eigenvalue weighted by Crippen LogP contribution is -2.37. The number of carbonyl (C=O) groups excluding carboxylic acids is 1. The fraction of sp³-hybridized carbons (Fsp3) is 0.350. The van der Waals surface area contributed by atoms with Gasteiger partial charge in [-0.15, -0.1) is 0 Å². The second-order valence-corrected chi connectivity index (χ2v) is 8.40. The van der Waals surface area contributed by atoms with Crippen LogP contribution in [0.1, 0.15) is 23.7 Å². The van der Waals surface area contributed by atoms with Gasteiger partial charge in [-0.25, -0.2) is 12.8 Å². The molecule has 28 heavy (non-hydrogen) atoms. The third-order valence-corrected chi connectivity index (χ3v) is 6.52. The van der Waals surface area contributed by atoms with Crippen molar-refractivity contribution in [3.05, 3.63) is 59.9 Å². The van der Waals surface area contributed by atoms with Crippen LogP contribution in [0.3, 0.4) is 0 Å². The third kappa shape index (κ3) is 4.51. The Morgan fingerprint density at radius 1 is 1.00 bits per heavy atom. The lowest BCUT2D eigenvalue weighted by Gasteiger charge is -2.22. The van der Waals surface area contributed by atoms with E-state index in [1.54, 1.807) is 29.2 Å². The highest BCUT2D eigenvalue weighted by molar-refractivity contribution is 7.89. The number of nitrogens with zero attached hydrogens (tertiary/aromatic N) is 2. The number of ether oxygens (including phenoxy) is 1. The maximum Gasteiger partial charge on any atom is 0.253 e. The summed E-state index contributed by atoms with van der Waals surface area (Å²) in [6.45, 7) is 3.73. The number of amides is 1. The molecule has 0 spiro atoms. The minimum atomic E-state index is -3.72. The van der Waals surface area contributed by atoms with Crippen molar-refractivity contribution in [3.63, 3.8) is 0 Å². The molecule has 6 nitrogen and oxygen atoms in total. The highest BCUT2D eigenvalue weighted by atomic mass is 32.2. The predicted octanol–water partition coefficient (Wildman–Crippen LogP) is 2.76. The molecule has 0 radical (unpaired) electrons. The molecule has 1 aliphatic heterocycles. The number of rotatable bonds is 5. The molecule has 150 valence electrons. The van der Waals surface area contributed by atoms with E-state index in [4.69, 9.17) is 4.74 Å². The van der Waals surface area contributed by atoms with E-state index in [0.717, 1.165) is 12.1 Å². The van der Waals surface area contributed by atoms with Crippen LogP contribution in [0.2, 0.25) is 0 Å². The molecular formula is C20H23FN2O4S. The van der Waals surface area contributed by atoms with E-state index in [-0.39, 0.29) is 17.3 Å². The van der Waals surface area contributed by atoms with Gasteiger partial charge in [-0.2, -0.15) is 4.31 Å². The average Bonchev–Trinajstić information content (AvgIpc) is 2.95. The number of halogens is 1. The van der Waals surface area contributed by atoms with E-state index >= 15 is 0 Å². The first-order valence-electron chi connectivity index (χ1n) is 9.19. The molecule has 3 rings (SSSR count). The number of benzene rings is 2. The average molecular weight is 406 g/mol. The van der Waals surface area contributed by atoms with Gasteiger partial charge in [0.2, 0.25) is 10.0 Å². The first-order valence-corrected chi connectivity index (χ1v) is 10.6. The van der Waals surface area contributed by atoms with Crippen LogP contribution in [-0.2, 0) is 10.0 Å². The molecule has 2 aromatic carbocycles. The van der Waals surface area contributed by atoms with Crippen LogP contribution < -0.4 is 4.74 Å². The van der Waals surface area contributed by atoms with Crippen molar-refractivity contribution in [1.82, 2.24) is 9.21 Å². The molecule has 0 aliphatic carbocycles. The maximum atomic E-state index is 13.1. The number of sulfonamides is 1. The van der Waals surface area contributed by atoms with Gasteiger partial charge >= 0.3 is 0 Å². The molecule has 1 saturated heterocycles. The van der Waals surface area contributed by atoms with Gasteiger partial charge in [0.25, 0.3) is 5.91 Å². The summed E-state index contributed by atoms with van der Waals surface area (Å²) in [4.78, 5) is 14.5. The van der Waals surface area contributed by atoms with Crippen LogP contribution in [0, 0.1) is 5.82 Å². The summed E-state index contributed by atoms with van der Waals surface area (Å²) in [5, 5.41) is 0. The summed E-state index contributed by atoms with van der Waals surface area (Å²) in [5.41, 5.74) is 0.540. The monoisotopic (exact) mass is 406 g/mol. The van der Waals surface area contributed by atoms with Crippen LogP contribution in [0.15, 0.2) is 53.4 Å². The Morgan fingerprint density at radius 3 is 2.32 bits per heavy atom. The van der Waals surface area contributed by atoms with E-state index in [0.29, 0.717) is 44.0 Å². The molecule has 0 atom stereocenters. The van der Waals surface area contributed by atoms with Crippen LogP contribution in [0.25, 0.3) is 0 Å². The van der Waals surface area contributed by atoms with Crippen molar-refractivity contribution in [2.45, 2.75) is 18.2 Å². The molecule has 0 unspecified atom stereocenters. The highest BCUT2D eigenvalue weighted by Crippen LogP contribution is 2.19. The minimum absolute atomic E-state index is 0.0557. The number of carbonyl (C=O) groups is 1. The van der Waals surface area contributed by atoms with Crippen LogP contribution in [0.5, 0.6) is 5.75 Å². The summed E-state index contributed by atoms with van der Waals surface area (Å²) < 4.78 is 45.4. The fourth-order valence-corrected chi connectivity index (χ4v) is 4.61. The van der Waals surface area contributed by atoms with Gasteiger partial charge in [0, 0.05) is 31.7 Å². The SMILES string of the molecule is CCOc1ccc(C(=O)N2CCCN(S(=O)(=O)c3ccc(F)cc3)CC2)cc1. The standard InChI is InChI=1S/C20H23FN2O4S/c1-2-27-18-8-4-16(5-9-18)20(24)22-12-3-13-23(15-14-22)28(25,26)19-10-6-17(21)7-11-19/h4-11H,2-3,12-15H2,1H3. The summed E-state index contributed by atoms with van der Waals surface area (Å²) in [6, 6.07) is 11.7. The Kier molecular flexibility index (Phi) is 6.31. The molecule has 0 saturated carbocycles. The normalized spacial score (nSPS) is 15.9. The zero-order valence-corrected chi connectivity index (χ0v) is 16.5. The van der Waals surface area contributed by atoms with Gasteiger partial charge in [0.05, 0.1) is 11.5 Å². The Bertz CT molecular complexity index is 914. The van der Waals surface area contributed by atoms with Crippen LogP contribution in [-0.4, -0.2) is 56.3 Å². The number of hydrogen-bond acceptors (Lipinski definition) is 4. The Hall–Kier alpha value is -2.45. The zero-order chi connectivity index (χ0) is 20.1. The summed E-state index contributed by atoms with van der Waals surface area (Å²) in [6.07, 6.45) is 0.531. The first-order chi connectivity index (χ1) is 13.4. The van der Waals surface area contributed by atoms with Gasteiger partial charge in [0.15, 0.2) is 0 Å². The predicted molar refractivity (Wildman–Crippen MR) is 103 cm³/mol. The molecule has 1 heterocycles. The molecular weight excluding hydrogens is 383 g/mol. The highest BCUT2D eigenvalue weighted by Gasteiger charge is 2.28. The third-order valence-electron chi connectivity index (χ3n) is 4.61. The van der Waals surface area contributed by atoms with Crippen molar-refractivity contribution >= 4 is 15.9 Å². The minimum Gasteiger partial charge on any atom is -0.494 e. The summed E-state index contributed by atoms with van der Waals surface area (Å²) in [5.74, 6) is 0.0810. The fourth-order valence-electron chi connectivity index (χ4n) is 3.14. The Balaban J connectivity index is 1.68. The van der Waals surface area contributed by atoms with E-state index in [2.05, 4.69) is 0 Å². The Morgan fingerprint density at radius 2 is 1.68 bits per heavy atom. The molecule has 1 aliphatic rings. The van der Waals surface area contributed by atoms with Gasteiger partial charge in [-0.3, -0.25) is 4.79 Å². The first kappa shape index (κ1) is 20.3. The van der Waals surface area contributed by atoms with Crippen LogP contribution in [0.4, 0.5) is 4.39 Å². The summed E-state index contributed by atoms with van der Waals surface area (Å²) >= 11 is 0. The molecule has 8 heteroatoms. The van der Waals surface area contributed by atoms with Crippen molar-refractivity contribution in [3.8, 4) is 5.75 Å². The van der Waals surface area contributed by atoms with Crippen molar-refractivity contribution in [1.29, 1.82) is 0 Å². The largest absolute Gasteiger partial charge is 0.494 e. The molecule has 2 aromatic rings. The quantitative estimate of drug-likeness (QED) is 0.766. The Labute approximate surface area is 164 Å². The molecule has 0 N–H and O–H groups in total. The van der Waals surface area contributed by atoms with Crippen molar-refractivity contribution in [2.24, 2.45) is 0 Å². The smallest absolute Gasteiger partial charge is 0.253 e. The van der Waals surface area contributed by atoms with E-state index in [9.17, 15) is 17.6 Å². The molecule has 0 bridgehead atoms. The van der Waals surface area contributed by atoms with Gasteiger partial charge in [-0.1, -0.05) is 0 Å². The second kappa shape index (κ2) is 8.70. The second-order valence-electron chi connectivity index (χ2n) is 6.46. The topological polar surface area (TPSA) is 66.9 Å². The lowest BCUT2D eigenvalue weighted by molar-refractivity contribution is 0.0764.